The lowest BCUT2D eigenvalue weighted by Gasteiger charge is -2.22. The summed E-state index contributed by atoms with van der Waals surface area (Å²) in [6, 6.07) is 3.79. The highest BCUT2D eigenvalue weighted by Crippen LogP contribution is 2.13. The van der Waals surface area contributed by atoms with Crippen LogP contribution in [0.25, 0.3) is 0 Å². The van der Waals surface area contributed by atoms with Crippen LogP contribution in [0.15, 0.2) is 18.3 Å². The molecule has 1 aliphatic heterocycles. The highest BCUT2D eigenvalue weighted by Gasteiger charge is 2.17. The molecule has 1 saturated heterocycles. The third kappa shape index (κ3) is 4.70. The number of carbonyl (C=O) groups excluding carboxylic acids is 1. The van der Waals surface area contributed by atoms with Crippen LogP contribution in [-0.2, 0) is 4.74 Å². The molecule has 1 aliphatic rings. The second-order valence-electron chi connectivity index (χ2n) is 5.74. The molecule has 0 bridgehead atoms. The van der Waals surface area contributed by atoms with Gasteiger partial charge < -0.3 is 15.0 Å². The zero-order valence-corrected chi connectivity index (χ0v) is 13.7. The van der Waals surface area contributed by atoms with Gasteiger partial charge in [-0.3, -0.25) is 4.79 Å². The van der Waals surface area contributed by atoms with E-state index >= 15 is 0 Å². The molecule has 2 rings (SSSR count). The average Bonchev–Trinajstić information content (AvgIpc) is 3.06. The SMILES string of the molecule is CCCN(CCC)c1ccc(C(=O)NCC2CCCO2)cn1. The molecule has 5 heteroatoms. The zero-order chi connectivity index (χ0) is 15.8. The molecule has 122 valence electrons. The van der Waals surface area contributed by atoms with E-state index in [2.05, 4.69) is 29.0 Å². The maximum Gasteiger partial charge on any atom is 0.252 e. The quantitative estimate of drug-likeness (QED) is 0.802. The van der Waals surface area contributed by atoms with E-state index in [0.717, 1.165) is 51.2 Å². The van der Waals surface area contributed by atoms with Gasteiger partial charge in [0, 0.05) is 32.4 Å². The lowest BCUT2D eigenvalue weighted by atomic mass is 10.2. The zero-order valence-electron chi connectivity index (χ0n) is 13.7. The van der Waals surface area contributed by atoms with E-state index in [1.807, 2.05) is 12.1 Å². The normalized spacial score (nSPS) is 17.5. The minimum atomic E-state index is -0.0768. The first-order valence-electron chi connectivity index (χ1n) is 8.35. The summed E-state index contributed by atoms with van der Waals surface area (Å²) in [6.45, 7) is 7.70. The Morgan fingerprint density at radius 1 is 1.36 bits per heavy atom. The molecule has 1 unspecified atom stereocenters. The lowest BCUT2D eigenvalue weighted by Crippen LogP contribution is -2.32. The number of hydrogen-bond donors (Lipinski definition) is 1. The van der Waals surface area contributed by atoms with Crippen LogP contribution in [0.4, 0.5) is 5.82 Å². The molecule has 1 aromatic rings. The largest absolute Gasteiger partial charge is 0.376 e. The van der Waals surface area contributed by atoms with E-state index in [9.17, 15) is 4.79 Å². The van der Waals surface area contributed by atoms with Crippen LogP contribution in [0.3, 0.4) is 0 Å². The Morgan fingerprint density at radius 2 is 2.14 bits per heavy atom. The summed E-state index contributed by atoms with van der Waals surface area (Å²) in [4.78, 5) is 18.8. The second kappa shape index (κ2) is 8.73. The Labute approximate surface area is 133 Å². The van der Waals surface area contributed by atoms with Gasteiger partial charge in [-0.2, -0.15) is 0 Å². The fraction of sp³-hybridized carbons (Fsp3) is 0.647. The van der Waals surface area contributed by atoms with Crippen LogP contribution in [0.2, 0.25) is 0 Å². The van der Waals surface area contributed by atoms with Gasteiger partial charge in [0.25, 0.3) is 5.91 Å². The maximum absolute atomic E-state index is 12.1. The number of nitrogens with zero attached hydrogens (tertiary/aromatic N) is 2. The second-order valence-corrected chi connectivity index (χ2v) is 5.74. The van der Waals surface area contributed by atoms with Crippen molar-refractivity contribution in [1.82, 2.24) is 10.3 Å². The Balaban J connectivity index is 1.90. The topological polar surface area (TPSA) is 54.5 Å². The number of anilines is 1. The van der Waals surface area contributed by atoms with E-state index in [1.54, 1.807) is 6.20 Å². The summed E-state index contributed by atoms with van der Waals surface area (Å²) >= 11 is 0. The van der Waals surface area contributed by atoms with Crippen LogP contribution in [0.1, 0.15) is 49.9 Å². The van der Waals surface area contributed by atoms with Crippen LogP contribution < -0.4 is 10.2 Å². The Morgan fingerprint density at radius 3 is 2.68 bits per heavy atom. The van der Waals surface area contributed by atoms with Crippen LogP contribution in [0.5, 0.6) is 0 Å². The predicted molar refractivity (Wildman–Crippen MR) is 88.3 cm³/mol. The third-order valence-electron chi connectivity index (χ3n) is 3.84. The van der Waals surface area contributed by atoms with Gasteiger partial charge in [-0.1, -0.05) is 13.8 Å². The Bertz CT molecular complexity index is 449. The van der Waals surface area contributed by atoms with Crippen LogP contribution in [0, 0.1) is 0 Å². The van der Waals surface area contributed by atoms with Gasteiger partial charge >= 0.3 is 0 Å². The van der Waals surface area contributed by atoms with Gasteiger partial charge in [0.15, 0.2) is 0 Å². The van der Waals surface area contributed by atoms with Crippen molar-refractivity contribution >= 4 is 11.7 Å². The molecule has 1 fully saturated rings. The summed E-state index contributed by atoms with van der Waals surface area (Å²) in [7, 11) is 0. The third-order valence-corrected chi connectivity index (χ3v) is 3.84. The molecular formula is C17H27N3O2. The molecular weight excluding hydrogens is 278 g/mol. The molecule has 1 atom stereocenters. The number of rotatable bonds is 8. The smallest absolute Gasteiger partial charge is 0.252 e. The monoisotopic (exact) mass is 305 g/mol. The number of aromatic nitrogens is 1. The van der Waals surface area contributed by atoms with Gasteiger partial charge in [0.05, 0.1) is 11.7 Å². The maximum atomic E-state index is 12.1. The molecule has 5 nitrogen and oxygen atoms in total. The summed E-state index contributed by atoms with van der Waals surface area (Å²) in [5, 5.41) is 2.92. The van der Waals surface area contributed by atoms with Crippen molar-refractivity contribution in [1.29, 1.82) is 0 Å². The van der Waals surface area contributed by atoms with E-state index in [1.165, 1.54) is 0 Å². The highest BCUT2D eigenvalue weighted by atomic mass is 16.5. The van der Waals surface area contributed by atoms with Crippen molar-refractivity contribution in [2.45, 2.75) is 45.6 Å². The summed E-state index contributed by atoms with van der Waals surface area (Å²) in [5.41, 5.74) is 0.606. The van der Waals surface area contributed by atoms with Crippen molar-refractivity contribution in [2.24, 2.45) is 0 Å². The molecule has 1 aromatic heterocycles. The molecule has 22 heavy (non-hydrogen) atoms. The van der Waals surface area contributed by atoms with Gasteiger partial charge in [-0.05, 0) is 37.8 Å². The van der Waals surface area contributed by atoms with Crippen LogP contribution >= 0.6 is 0 Å². The fourth-order valence-corrected chi connectivity index (χ4v) is 2.70. The number of ether oxygens (including phenoxy) is 1. The number of carbonyl (C=O) groups is 1. The predicted octanol–water partition coefficient (Wildman–Crippen LogP) is 2.62. The van der Waals surface area contributed by atoms with E-state index in [-0.39, 0.29) is 12.0 Å². The first-order chi connectivity index (χ1) is 10.7. The van der Waals surface area contributed by atoms with Gasteiger partial charge in [0.1, 0.15) is 5.82 Å². The lowest BCUT2D eigenvalue weighted by molar-refractivity contribution is 0.0857. The van der Waals surface area contributed by atoms with Crippen molar-refractivity contribution < 1.29 is 9.53 Å². The van der Waals surface area contributed by atoms with E-state index in [4.69, 9.17) is 4.74 Å². The van der Waals surface area contributed by atoms with Gasteiger partial charge in [0.2, 0.25) is 0 Å². The van der Waals surface area contributed by atoms with Crippen molar-refractivity contribution in [3.63, 3.8) is 0 Å². The first kappa shape index (κ1) is 16.7. The van der Waals surface area contributed by atoms with Crippen molar-refractivity contribution in [3.05, 3.63) is 23.9 Å². The molecule has 0 spiro atoms. The standard InChI is InChI=1S/C17H27N3O2/c1-3-9-20(10-4-2)16-8-7-14(12-18-16)17(21)19-13-15-6-5-11-22-15/h7-8,12,15H,3-6,9-11,13H2,1-2H3,(H,19,21). The molecule has 1 N–H and O–H groups in total. The molecule has 1 amide bonds. The number of hydrogen-bond acceptors (Lipinski definition) is 4. The summed E-state index contributed by atoms with van der Waals surface area (Å²) in [6.07, 6.45) is 6.12. The summed E-state index contributed by atoms with van der Waals surface area (Å²) < 4.78 is 5.51. The minimum absolute atomic E-state index is 0.0768. The number of nitrogens with one attached hydrogen (secondary N) is 1. The number of amides is 1. The Hall–Kier alpha value is -1.62. The van der Waals surface area contributed by atoms with E-state index in [0.29, 0.717) is 12.1 Å². The molecule has 2 heterocycles. The molecule has 0 saturated carbocycles. The Kier molecular flexibility index (Phi) is 6.65. The fourth-order valence-electron chi connectivity index (χ4n) is 2.70. The van der Waals surface area contributed by atoms with Crippen molar-refractivity contribution in [2.75, 3.05) is 31.1 Å². The summed E-state index contributed by atoms with van der Waals surface area (Å²) in [5.74, 6) is 0.867. The van der Waals surface area contributed by atoms with Gasteiger partial charge in [-0.15, -0.1) is 0 Å². The molecule has 0 radical (unpaired) electrons. The van der Waals surface area contributed by atoms with E-state index < -0.39 is 0 Å². The van der Waals surface area contributed by atoms with Crippen LogP contribution in [-0.4, -0.2) is 43.2 Å². The van der Waals surface area contributed by atoms with Gasteiger partial charge in [-0.25, -0.2) is 4.98 Å². The average molecular weight is 305 g/mol. The van der Waals surface area contributed by atoms with Crippen molar-refractivity contribution in [3.8, 4) is 0 Å². The molecule has 0 aliphatic carbocycles. The first-order valence-corrected chi connectivity index (χ1v) is 8.35. The minimum Gasteiger partial charge on any atom is -0.376 e. The molecule has 0 aromatic carbocycles. The highest BCUT2D eigenvalue weighted by molar-refractivity contribution is 5.94. The number of pyridine rings is 1.